The van der Waals surface area contributed by atoms with E-state index in [2.05, 4.69) is 0 Å². The van der Waals surface area contributed by atoms with Crippen LogP contribution in [0.3, 0.4) is 0 Å². The highest BCUT2D eigenvalue weighted by Crippen LogP contribution is 2.27. The van der Waals surface area contributed by atoms with E-state index in [1.165, 1.54) is 17.2 Å². The summed E-state index contributed by atoms with van der Waals surface area (Å²) < 4.78 is 7.64. The van der Waals surface area contributed by atoms with Gasteiger partial charge in [0.2, 0.25) is 0 Å². The summed E-state index contributed by atoms with van der Waals surface area (Å²) in [7, 11) is 4.62. The molecule has 0 fully saturated rings. The van der Waals surface area contributed by atoms with Crippen LogP contribution in [0.2, 0.25) is 0 Å². The molecule has 2 aromatic rings. The fraction of sp³-hybridized carbons (Fsp3) is 0.389. The monoisotopic (exact) mass is 340 g/mol. The van der Waals surface area contributed by atoms with Crippen LogP contribution in [0.1, 0.15) is 23.1 Å². The number of nitrogens with zero attached hydrogens (tertiary/aromatic N) is 4. The first kappa shape index (κ1) is 16.8. The summed E-state index contributed by atoms with van der Waals surface area (Å²) in [6.07, 6.45) is 1.73. The molecule has 0 saturated heterocycles. The molecule has 0 amide bonds. The second-order valence-electron chi connectivity index (χ2n) is 6.18. The van der Waals surface area contributed by atoms with E-state index in [1.807, 2.05) is 29.2 Å². The van der Waals surface area contributed by atoms with Gasteiger partial charge in [0.15, 0.2) is 5.56 Å². The van der Waals surface area contributed by atoms with Crippen LogP contribution in [0.25, 0.3) is 0 Å². The van der Waals surface area contributed by atoms with Crippen molar-refractivity contribution in [3.8, 4) is 11.8 Å². The van der Waals surface area contributed by atoms with Crippen molar-refractivity contribution in [1.29, 1.82) is 5.26 Å². The molecule has 7 heteroatoms. The Hall–Kier alpha value is -3.01. The lowest BCUT2D eigenvalue weighted by Crippen LogP contribution is -2.42. The van der Waals surface area contributed by atoms with Crippen LogP contribution in [0.15, 0.2) is 27.8 Å². The van der Waals surface area contributed by atoms with Crippen molar-refractivity contribution in [3.63, 3.8) is 0 Å². The van der Waals surface area contributed by atoms with Gasteiger partial charge in [0, 0.05) is 27.2 Å². The smallest absolute Gasteiger partial charge is 0.332 e. The first-order chi connectivity index (χ1) is 12.0. The Balaban J connectivity index is 2.13. The average molecular weight is 340 g/mol. The number of ether oxygens (including phenoxy) is 1. The van der Waals surface area contributed by atoms with Crippen LogP contribution in [0.5, 0.6) is 5.75 Å². The molecule has 7 nitrogen and oxygen atoms in total. The Kier molecular flexibility index (Phi) is 4.36. The van der Waals surface area contributed by atoms with Gasteiger partial charge < -0.3 is 9.64 Å². The highest BCUT2D eigenvalue weighted by molar-refractivity contribution is 5.55. The van der Waals surface area contributed by atoms with Crippen molar-refractivity contribution in [2.75, 3.05) is 18.6 Å². The van der Waals surface area contributed by atoms with Gasteiger partial charge in [0.25, 0.3) is 5.56 Å². The van der Waals surface area contributed by atoms with Crippen molar-refractivity contribution in [2.24, 2.45) is 14.1 Å². The third-order valence-electron chi connectivity index (χ3n) is 4.69. The standard InChI is InChI=1S/C18H20N4O3/c1-20-16(15(10-19)17(23)21(2)18(20)24)22-8-4-5-12-9-14(25-3)7-6-13(12)11-22/h6-7,9H,4-5,8,11H2,1-3H3. The number of fused-ring (bicyclic) bond motifs is 1. The van der Waals surface area contributed by atoms with E-state index in [0.29, 0.717) is 18.9 Å². The minimum absolute atomic E-state index is 0.00145. The van der Waals surface area contributed by atoms with Crippen molar-refractivity contribution in [1.82, 2.24) is 9.13 Å². The normalized spacial score (nSPS) is 13.8. The van der Waals surface area contributed by atoms with E-state index >= 15 is 0 Å². The second-order valence-corrected chi connectivity index (χ2v) is 6.18. The number of anilines is 1. The zero-order valence-corrected chi connectivity index (χ0v) is 14.6. The van der Waals surface area contributed by atoms with Crippen LogP contribution >= 0.6 is 0 Å². The summed E-state index contributed by atoms with van der Waals surface area (Å²) in [5.41, 5.74) is 1.31. The maximum atomic E-state index is 12.3. The molecular formula is C18H20N4O3. The van der Waals surface area contributed by atoms with Gasteiger partial charge in [-0.05, 0) is 36.1 Å². The van der Waals surface area contributed by atoms with Gasteiger partial charge in [-0.2, -0.15) is 5.26 Å². The fourth-order valence-corrected chi connectivity index (χ4v) is 3.34. The lowest BCUT2D eigenvalue weighted by atomic mass is 10.0. The lowest BCUT2D eigenvalue weighted by Gasteiger charge is -2.26. The predicted molar refractivity (Wildman–Crippen MR) is 94.0 cm³/mol. The molecule has 0 spiro atoms. The van der Waals surface area contributed by atoms with Crippen LogP contribution < -0.4 is 20.9 Å². The number of benzene rings is 1. The Morgan fingerprint density at radius 2 is 1.92 bits per heavy atom. The largest absolute Gasteiger partial charge is 0.497 e. The summed E-state index contributed by atoms with van der Waals surface area (Å²) >= 11 is 0. The number of nitriles is 1. The van der Waals surface area contributed by atoms with Gasteiger partial charge >= 0.3 is 5.69 Å². The molecule has 130 valence electrons. The van der Waals surface area contributed by atoms with Crippen LogP contribution in [-0.4, -0.2) is 22.8 Å². The number of hydrogen-bond donors (Lipinski definition) is 0. The molecule has 3 rings (SSSR count). The Bertz CT molecular complexity index is 982. The summed E-state index contributed by atoms with van der Waals surface area (Å²) in [6, 6.07) is 7.90. The Labute approximate surface area is 145 Å². The molecule has 0 bridgehead atoms. The number of aromatic nitrogens is 2. The van der Waals surface area contributed by atoms with Gasteiger partial charge in [0.05, 0.1) is 7.11 Å². The predicted octanol–water partition coefficient (Wildman–Crippen LogP) is 0.917. The van der Waals surface area contributed by atoms with Gasteiger partial charge in [0.1, 0.15) is 17.6 Å². The number of hydrogen-bond acceptors (Lipinski definition) is 5. The summed E-state index contributed by atoms with van der Waals surface area (Å²) in [5.74, 6) is 1.20. The Morgan fingerprint density at radius 3 is 2.60 bits per heavy atom. The molecule has 0 atom stereocenters. The zero-order chi connectivity index (χ0) is 18.1. The molecule has 1 aromatic heterocycles. The summed E-state index contributed by atoms with van der Waals surface area (Å²) in [5, 5.41) is 9.48. The molecule has 1 aromatic carbocycles. The summed E-state index contributed by atoms with van der Waals surface area (Å²) in [4.78, 5) is 26.6. The molecule has 0 unspecified atom stereocenters. The highest BCUT2D eigenvalue weighted by Gasteiger charge is 2.23. The molecule has 0 radical (unpaired) electrons. The van der Waals surface area contributed by atoms with Gasteiger partial charge in [-0.1, -0.05) is 6.07 Å². The molecule has 25 heavy (non-hydrogen) atoms. The quantitative estimate of drug-likeness (QED) is 0.812. The highest BCUT2D eigenvalue weighted by atomic mass is 16.5. The van der Waals surface area contributed by atoms with Gasteiger partial charge in [-0.15, -0.1) is 0 Å². The van der Waals surface area contributed by atoms with E-state index in [0.717, 1.165) is 28.7 Å². The average Bonchev–Trinajstić information content (AvgIpc) is 2.84. The molecule has 0 saturated carbocycles. The number of aryl methyl sites for hydroxylation is 1. The minimum Gasteiger partial charge on any atom is -0.497 e. The minimum atomic E-state index is -0.556. The Morgan fingerprint density at radius 1 is 1.16 bits per heavy atom. The molecule has 0 aliphatic carbocycles. The number of rotatable bonds is 2. The first-order valence-electron chi connectivity index (χ1n) is 8.08. The lowest BCUT2D eigenvalue weighted by molar-refractivity contribution is 0.414. The third-order valence-corrected chi connectivity index (χ3v) is 4.69. The number of methoxy groups -OCH3 is 1. The topological polar surface area (TPSA) is 80.3 Å². The van der Waals surface area contributed by atoms with Crippen LogP contribution in [0, 0.1) is 11.3 Å². The zero-order valence-electron chi connectivity index (χ0n) is 14.6. The maximum Gasteiger partial charge on any atom is 0.332 e. The molecule has 0 N–H and O–H groups in total. The van der Waals surface area contributed by atoms with Crippen molar-refractivity contribution in [2.45, 2.75) is 19.4 Å². The van der Waals surface area contributed by atoms with E-state index < -0.39 is 11.2 Å². The molecule has 1 aliphatic heterocycles. The van der Waals surface area contributed by atoms with Gasteiger partial charge in [-0.25, -0.2) is 4.79 Å². The van der Waals surface area contributed by atoms with Crippen molar-refractivity contribution in [3.05, 3.63) is 55.7 Å². The first-order valence-corrected chi connectivity index (χ1v) is 8.08. The molecule has 2 heterocycles. The summed E-state index contributed by atoms with van der Waals surface area (Å²) in [6.45, 7) is 1.20. The van der Waals surface area contributed by atoms with Crippen molar-refractivity contribution < 1.29 is 4.74 Å². The fourth-order valence-electron chi connectivity index (χ4n) is 3.34. The van der Waals surface area contributed by atoms with Crippen molar-refractivity contribution >= 4 is 5.82 Å². The van der Waals surface area contributed by atoms with E-state index in [-0.39, 0.29) is 5.56 Å². The second kappa shape index (κ2) is 6.48. The van der Waals surface area contributed by atoms with Gasteiger partial charge in [-0.3, -0.25) is 13.9 Å². The molecular weight excluding hydrogens is 320 g/mol. The van der Waals surface area contributed by atoms with Crippen LogP contribution in [0.4, 0.5) is 5.82 Å². The molecule has 1 aliphatic rings. The van der Waals surface area contributed by atoms with E-state index in [9.17, 15) is 14.9 Å². The van der Waals surface area contributed by atoms with E-state index in [1.54, 1.807) is 14.2 Å². The van der Waals surface area contributed by atoms with Crippen LogP contribution in [-0.2, 0) is 27.1 Å². The van der Waals surface area contributed by atoms with E-state index in [4.69, 9.17) is 4.74 Å². The SMILES string of the molecule is COc1ccc2c(c1)CCCN(c1c(C#N)c(=O)n(C)c(=O)n1C)C2. The third kappa shape index (κ3) is 2.80. The maximum absolute atomic E-state index is 12.3.